The molecule has 4 nitrogen and oxygen atoms in total. The van der Waals surface area contributed by atoms with Crippen LogP contribution in [0.15, 0.2) is 16.8 Å². The molecule has 0 aromatic heterocycles. The zero-order chi connectivity index (χ0) is 6.97. The fraction of sp³-hybridized carbons (Fsp3) is 0.167. The smallest absolute Gasteiger partial charge is 0.188 e. The van der Waals surface area contributed by atoms with Gasteiger partial charge in [0, 0.05) is 11.5 Å². The third-order valence-electron chi connectivity index (χ3n) is 1.37. The summed E-state index contributed by atoms with van der Waals surface area (Å²) in [5.41, 5.74) is 0.926. The number of hydrogen-bond acceptors (Lipinski definition) is 4. The van der Waals surface area contributed by atoms with Crippen LogP contribution in [0.1, 0.15) is 5.76 Å². The molecule has 0 saturated carbocycles. The lowest BCUT2D eigenvalue weighted by Crippen LogP contribution is -1.89. The first-order valence-electron chi connectivity index (χ1n) is 2.91. The predicted molar refractivity (Wildman–Crippen MR) is 33.5 cm³/mol. The van der Waals surface area contributed by atoms with Gasteiger partial charge in [-0.1, -0.05) is 5.10 Å². The molecular formula is C6H5N3O. The van der Waals surface area contributed by atoms with Crippen LogP contribution in [0.3, 0.4) is 0 Å². The number of aryl methyl sites for hydroxylation is 1. The second-order valence-corrected chi connectivity index (χ2v) is 2.01. The highest BCUT2D eigenvalue weighted by Gasteiger charge is 2.09. The Balaban J connectivity index is 2.80. The largest absolute Gasteiger partial charge is 0.343 e. The van der Waals surface area contributed by atoms with Crippen molar-refractivity contribution in [2.45, 2.75) is 6.92 Å². The van der Waals surface area contributed by atoms with E-state index in [2.05, 4.69) is 15.4 Å². The van der Waals surface area contributed by atoms with Gasteiger partial charge in [-0.05, 0) is 13.0 Å². The maximum atomic E-state index is 4.80. The number of nitrogens with zero attached hydrogens (tertiary/aromatic N) is 3. The minimum Gasteiger partial charge on any atom is -0.343 e. The lowest BCUT2D eigenvalue weighted by atomic mass is 10.2. The fourth-order valence-electron chi connectivity index (χ4n) is 0.850. The summed E-state index contributed by atoms with van der Waals surface area (Å²) in [6.45, 7) is 1.83. The van der Waals surface area contributed by atoms with Crippen molar-refractivity contribution in [3.63, 3.8) is 0 Å². The second-order valence-electron chi connectivity index (χ2n) is 2.01. The van der Waals surface area contributed by atoms with Crippen molar-refractivity contribution < 1.29 is 4.52 Å². The van der Waals surface area contributed by atoms with Gasteiger partial charge in [0.15, 0.2) is 5.82 Å². The first-order chi connectivity index (χ1) is 4.88. The van der Waals surface area contributed by atoms with Gasteiger partial charge in [-0.3, -0.25) is 0 Å². The number of aromatic nitrogens is 3. The van der Waals surface area contributed by atoms with E-state index in [1.807, 2.05) is 13.0 Å². The Morgan fingerprint density at radius 1 is 1.50 bits per heavy atom. The molecule has 0 aliphatic carbocycles. The minimum atomic E-state index is 0.642. The van der Waals surface area contributed by atoms with Gasteiger partial charge in [-0.25, -0.2) is 4.98 Å². The number of rotatable bonds is 0. The standard InChI is InChI=1S/C6H5N3O/c1-4-5-2-3-7-6(5)8-9-10-4/h2-3H,1H3. The Morgan fingerprint density at radius 3 is 3.20 bits per heavy atom. The normalized spacial score (nSPS) is 10.5. The lowest BCUT2D eigenvalue weighted by Gasteiger charge is -1.93. The predicted octanol–water partition coefficient (Wildman–Crippen LogP) is 0.878. The molecule has 0 saturated heterocycles. The van der Waals surface area contributed by atoms with Crippen molar-refractivity contribution in [3.8, 4) is 11.4 Å². The first kappa shape index (κ1) is 5.34. The van der Waals surface area contributed by atoms with E-state index in [0.29, 0.717) is 5.82 Å². The Bertz CT molecular complexity index is 317. The molecule has 0 atom stereocenters. The van der Waals surface area contributed by atoms with Gasteiger partial charge >= 0.3 is 0 Å². The van der Waals surface area contributed by atoms with E-state index in [1.54, 1.807) is 6.20 Å². The zero-order valence-electron chi connectivity index (χ0n) is 5.40. The van der Waals surface area contributed by atoms with E-state index in [0.717, 1.165) is 11.3 Å². The van der Waals surface area contributed by atoms with Crippen molar-refractivity contribution in [2.75, 3.05) is 0 Å². The molecule has 2 aliphatic heterocycles. The zero-order valence-corrected chi connectivity index (χ0v) is 5.40. The molecule has 0 fully saturated rings. The molecule has 4 heteroatoms. The average Bonchev–Trinajstić information content (AvgIpc) is 2.36. The van der Waals surface area contributed by atoms with E-state index < -0.39 is 0 Å². The van der Waals surface area contributed by atoms with Crippen molar-refractivity contribution in [2.24, 2.45) is 0 Å². The molecule has 0 radical (unpaired) electrons. The number of hydrogen-bond donors (Lipinski definition) is 0. The summed E-state index contributed by atoms with van der Waals surface area (Å²) in [5, 5.41) is 7.07. The van der Waals surface area contributed by atoms with Crippen LogP contribution in [0.5, 0.6) is 0 Å². The summed E-state index contributed by atoms with van der Waals surface area (Å²) < 4.78 is 4.80. The molecule has 0 spiro atoms. The van der Waals surface area contributed by atoms with E-state index in [-0.39, 0.29) is 0 Å². The van der Waals surface area contributed by atoms with Gasteiger partial charge < -0.3 is 4.52 Å². The minimum absolute atomic E-state index is 0.642. The van der Waals surface area contributed by atoms with Crippen molar-refractivity contribution >= 4 is 0 Å². The summed E-state index contributed by atoms with van der Waals surface area (Å²) in [6, 6.07) is 1.85. The Kier molecular flexibility index (Phi) is 0.943. The Hall–Kier alpha value is -1.45. The highest BCUT2D eigenvalue weighted by Crippen LogP contribution is 2.18. The molecule has 2 aliphatic rings. The molecular weight excluding hydrogens is 130 g/mol. The molecule has 0 amide bonds. The van der Waals surface area contributed by atoms with Gasteiger partial charge in [-0.2, -0.15) is 0 Å². The summed E-state index contributed by atoms with van der Waals surface area (Å²) in [4.78, 5) is 3.95. The summed E-state index contributed by atoms with van der Waals surface area (Å²) >= 11 is 0. The molecule has 0 bridgehead atoms. The molecule has 2 heterocycles. The van der Waals surface area contributed by atoms with E-state index in [1.165, 1.54) is 0 Å². The van der Waals surface area contributed by atoms with Crippen molar-refractivity contribution in [1.29, 1.82) is 0 Å². The van der Waals surface area contributed by atoms with Crippen LogP contribution in [0.4, 0.5) is 0 Å². The fourth-order valence-corrected chi connectivity index (χ4v) is 0.850. The SMILES string of the molecule is Cc1onnc2nccc1-2. The average molecular weight is 135 g/mol. The van der Waals surface area contributed by atoms with Crippen molar-refractivity contribution in [1.82, 2.24) is 15.4 Å². The molecule has 10 heavy (non-hydrogen) atoms. The topological polar surface area (TPSA) is 51.8 Å². The highest BCUT2D eigenvalue weighted by atomic mass is 16.5. The summed E-state index contributed by atoms with van der Waals surface area (Å²) in [6.07, 6.45) is 1.68. The maximum Gasteiger partial charge on any atom is 0.188 e. The maximum absolute atomic E-state index is 4.80. The summed E-state index contributed by atoms with van der Waals surface area (Å²) in [5.74, 6) is 1.39. The van der Waals surface area contributed by atoms with Crippen LogP contribution in [0.25, 0.3) is 11.4 Å². The van der Waals surface area contributed by atoms with Gasteiger partial charge in [0.05, 0.1) is 5.56 Å². The molecule has 50 valence electrons. The van der Waals surface area contributed by atoms with Gasteiger partial charge in [0.25, 0.3) is 0 Å². The van der Waals surface area contributed by atoms with Crippen molar-refractivity contribution in [3.05, 3.63) is 18.0 Å². The molecule has 2 rings (SSSR count). The third kappa shape index (κ3) is 0.586. The van der Waals surface area contributed by atoms with Gasteiger partial charge in [-0.15, -0.1) is 0 Å². The lowest BCUT2D eigenvalue weighted by molar-refractivity contribution is 0.340. The number of fused-ring (bicyclic) bond motifs is 1. The Morgan fingerprint density at radius 2 is 2.40 bits per heavy atom. The molecule has 0 N–H and O–H groups in total. The monoisotopic (exact) mass is 135 g/mol. The van der Waals surface area contributed by atoms with Crippen LogP contribution in [-0.2, 0) is 0 Å². The van der Waals surface area contributed by atoms with E-state index >= 15 is 0 Å². The van der Waals surface area contributed by atoms with E-state index in [4.69, 9.17) is 4.52 Å². The summed E-state index contributed by atoms with van der Waals surface area (Å²) in [7, 11) is 0. The third-order valence-corrected chi connectivity index (χ3v) is 1.37. The van der Waals surface area contributed by atoms with Crippen LogP contribution in [0, 0.1) is 6.92 Å². The van der Waals surface area contributed by atoms with Gasteiger partial charge in [0.1, 0.15) is 5.76 Å². The first-order valence-corrected chi connectivity index (χ1v) is 2.91. The highest BCUT2D eigenvalue weighted by molar-refractivity contribution is 5.57. The van der Waals surface area contributed by atoms with Crippen LogP contribution >= 0.6 is 0 Å². The second kappa shape index (κ2) is 1.76. The molecule has 0 aromatic rings. The molecule has 0 unspecified atom stereocenters. The van der Waals surface area contributed by atoms with Gasteiger partial charge in [0.2, 0.25) is 0 Å². The van der Waals surface area contributed by atoms with Crippen LogP contribution in [-0.4, -0.2) is 15.4 Å². The van der Waals surface area contributed by atoms with E-state index in [9.17, 15) is 0 Å². The Labute approximate surface area is 57.2 Å². The quantitative estimate of drug-likeness (QED) is 0.538. The van der Waals surface area contributed by atoms with Crippen LogP contribution in [0.2, 0.25) is 0 Å². The molecule has 0 aromatic carbocycles. The van der Waals surface area contributed by atoms with Crippen LogP contribution < -0.4 is 0 Å².